The van der Waals surface area contributed by atoms with E-state index in [1.807, 2.05) is 18.2 Å². The number of nitro groups is 1. The Bertz CT molecular complexity index is 1340. The number of fused-ring (bicyclic) bond motifs is 1. The van der Waals surface area contributed by atoms with E-state index in [2.05, 4.69) is 51.7 Å². The second-order valence-corrected chi connectivity index (χ2v) is 11.3. The third kappa shape index (κ3) is 5.46. The maximum atomic E-state index is 11.0. The van der Waals surface area contributed by atoms with Gasteiger partial charge in [-0.05, 0) is 88.4 Å². The summed E-state index contributed by atoms with van der Waals surface area (Å²) in [6, 6.07) is 16.9. The van der Waals surface area contributed by atoms with Gasteiger partial charge in [0.1, 0.15) is 36.1 Å². The molecule has 2 aliphatic rings. The van der Waals surface area contributed by atoms with Crippen LogP contribution < -0.4 is 14.2 Å². The highest BCUT2D eigenvalue weighted by Gasteiger charge is 2.46. The molecule has 0 bridgehead atoms. The van der Waals surface area contributed by atoms with E-state index < -0.39 is 4.92 Å². The Labute approximate surface area is 230 Å². The summed E-state index contributed by atoms with van der Waals surface area (Å²) in [5, 5.41) is 11.0. The minimum absolute atomic E-state index is 0.0694. The van der Waals surface area contributed by atoms with Crippen LogP contribution in [0.2, 0.25) is 0 Å². The largest absolute Gasteiger partial charge is 0.492 e. The lowest BCUT2D eigenvalue weighted by Crippen LogP contribution is -2.42. The van der Waals surface area contributed by atoms with Crippen molar-refractivity contribution < 1.29 is 19.1 Å². The van der Waals surface area contributed by atoms with Crippen molar-refractivity contribution in [1.82, 2.24) is 4.90 Å². The quantitative estimate of drug-likeness (QED) is 0.221. The number of ether oxygens (including phenoxy) is 3. The Morgan fingerprint density at radius 1 is 1.00 bits per heavy atom. The Balaban J connectivity index is 1.35. The monoisotopic (exact) mass is 530 g/mol. The van der Waals surface area contributed by atoms with Crippen LogP contribution >= 0.6 is 0 Å². The van der Waals surface area contributed by atoms with E-state index in [0.29, 0.717) is 19.0 Å². The number of hydrogen-bond acceptors (Lipinski definition) is 6. The normalized spacial score (nSPS) is 19.9. The summed E-state index contributed by atoms with van der Waals surface area (Å²) < 4.78 is 19.2. The van der Waals surface area contributed by atoms with Crippen molar-refractivity contribution in [2.75, 3.05) is 19.7 Å². The van der Waals surface area contributed by atoms with Gasteiger partial charge in [-0.3, -0.25) is 15.0 Å². The summed E-state index contributed by atoms with van der Waals surface area (Å²) in [6.45, 7) is 13.8. The molecule has 2 aliphatic heterocycles. The Morgan fingerprint density at radius 3 is 2.41 bits per heavy atom. The van der Waals surface area contributed by atoms with Crippen molar-refractivity contribution in [2.24, 2.45) is 0 Å². The van der Waals surface area contributed by atoms with Crippen LogP contribution in [0.1, 0.15) is 60.4 Å². The van der Waals surface area contributed by atoms with E-state index in [1.54, 1.807) is 12.1 Å². The summed E-state index contributed by atoms with van der Waals surface area (Å²) >= 11 is 0. The fourth-order valence-electron chi connectivity index (χ4n) is 6.02. The summed E-state index contributed by atoms with van der Waals surface area (Å²) in [7, 11) is 0. The second-order valence-electron chi connectivity index (χ2n) is 11.3. The van der Waals surface area contributed by atoms with Gasteiger partial charge in [0.05, 0.1) is 4.92 Å². The molecule has 7 nitrogen and oxygen atoms in total. The minimum Gasteiger partial charge on any atom is -0.492 e. The van der Waals surface area contributed by atoms with E-state index in [4.69, 9.17) is 14.2 Å². The van der Waals surface area contributed by atoms with Crippen LogP contribution in [0.3, 0.4) is 0 Å². The van der Waals surface area contributed by atoms with Crippen LogP contribution in [0.4, 0.5) is 5.69 Å². The van der Waals surface area contributed by atoms with Crippen LogP contribution in [-0.4, -0.2) is 41.2 Å². The van der Waals surface area contributed by atoms with Crippen LogP contribution in [-0.2, 0) is 6.61 Å². The van der Waals surface area contributed by atoms with E-state index >= 15 is 0 Å². The van der Waals surface area contributed by atoms with Crippen LogP contribution in [0.15, 0.2) is 54.6 Å². The molecular weight excluding hydrogens is 492 g/mol. The molecule has 0 aromatic heterocycles. The number of nitro benzene ring substituents is 1. The van der Waals surface area contributed by atoms with E-state index in [9.17, 15) is 10.1 Å². The molecule has 5 rings (SSSR count). The predicted octanol–water partition coefficient (Wildman–Crippen LogP) is 6.90. The molecule has 39 heavy (non-hydrogen) atoms. The average Bonchev–Trinajstić information content (AvgIpc) is 3.48. The molecule has 0 unspecified atom stereocenters. The number of benzene rings is 3. The third-order valence-electron chi connectivity index (χ3n) is 8.42. The van der Waals surface area contributed by atoms with Crippen LogP contribution in [0.25, 0.3) is 0 Å². The average molecular weight is 531 g/mol. The fourth-order valence-corrected chi connectivity index (χ4v) is 6.02. The van der Waals surface area contributed by atoms with Gasteiger partial charge >= 0.3 is 0 Å². The van der Waals surface area contributed by atoms with Crippen molar-refractivity contribution in [1.29, 1.82) is 0 Å². The topological polar surface area (TPSA) is 74.1 Å². The molecule has 2 atom stereocenters. The van der Waals surface area contributed by atoms with E-state index in [0.717, 1.165) is 59.7 Å². The molecule has 0 spiro atoms. The van der Waals surface area contributed by atoms with Gasteiger partial charge in [0, 0.05) is 36.2 Å². The van der Waals surface area contributed by atoms with Crippen LogP contribution in [0.5, 0.6) is 17.2 Å². The standard InChI is InChI=1S/C32H38N2O5/c1-21-22(2)31-29(23(3)30(21)38-19-24-10-7-6-8-11-24)28(32(4,5)39-31)18-33-17-9-12-26(33)20-37-27-15-13-25(14-16-27)34(35)36/h6-8,10-11,13-16,26,28H,9,12,17-20H2,1-5H3/t26-,28-/m0/s1. The van der Waals surface area contributed by atoms with Gasteiger partial charge in [0.25, 0.3) is 5.69 Å². The zero-order valence-corrected chi connectivity index (χ0v) is 23.5. The van der Waals surface area contributed by atoms with Gasteiger partial charge < -0.3 is 14.2 Å². The zero-order chi connectivity index (χ0) is 27.7. The van der Waals surface area contributed by atoms with Crippen molar-refractivity contribution in [2.45, 2.75) is 71.6 Å². The number of likely N-dealkylation sites (tertiary alicyclic amines) is 1. The molecule has 1 fully saturated rings. The Morgan fingerprint density at radius 2 is 1.72 bits per heavy atom. The predicted molar refractivity (Wildman–Crippen MR) is 152 cm³/mol. The summed E-state index contributed by atoms with van der Waals surface area (Å²) in [5.74, 6) is 2.81. The molecule has 0 radical (unpaired) electrons. The lowest BCUT2D eigenvalue weighted by molar-refractivity contribution is -0.384. The fraction of sp³-hybridized carbons (Fsp3) is 0.438. The smallest absolute Gasteiger partial charge is 0.269 e. The molecule has 0 N–H and O–H groups in total. The number of non-ortho nitro benzene ring substituents is 1. The molecular formula is C32H38N2O5. The Hall–Kier alpha value is -3.58. The van der Waals surface area contributed by atoms with Gasteiger partial charge in [0.2, 0.25) is 0 Å². The number of nitrogens with zero attached hydrogens (tertiary/aromatic N) is 2. The van der Waals surface area contributed by atoms with Crippen molar-refractivity contribution in [3.05, 3.63) is 92.5 Å². The van der Waals surface area contributed by atoms with E-state index in [1.165, 1.54) is 17.7 Å². The minimum atomic E-state index is -0.394. The number of rotatable bonds is 9. The van der Waals surface area contributed by atoms with Crippen molar-refractivity contribution in [3.63, 3.8) is 0 Å². The maximum absolute atomic E-state index is 11.0. The molecule has 0 saturated carbocycles. The number of hydrogen-bond donors (Lipinski definition) is 0. The highest BCUT2D eigenvalue weighted by Crippen LogP contribution is 2.52. The van der Waals surface area contributed by atoms with Crippen molar-refractivity contribution >= 4 is 5.69 Å². The lowest BCUT2D eigenvalue weighted by atomic mass is 9.82. The molecule has 0 amide bonds. The van der Waals surface area contributed by atoms with Gasteiger partial charge in [-0.1, -0.05) is 30.3 Å². The first-order chi connectivity index (χ1) is 18.7. The first kappa shape index (κ1) is 27.0. The van der Waals surface area contributed by atoms with Gasteiger partial charge in [-0.15, -0.1) is 0 Å². The molecule has 3 aromatic carbocycles. The Kier molecular flexibility index (Phi) is 7.54. The molecule has 2 heterocycles. The van der Waals surface area contributed by atoms with Gasteiger partial charge in [-0.25, -0.2) is 0 Å². The van der Waals surface area contributed by atoms with E-state index in [-0.39, 0.29) is 23.2 Å². The zero-order valence-electron chi connectivity index (χ0n) is 23.5. The molecule has 0 aliphatic carbocycles. The molecule has 206 valence electrons. The highest BCUT2D eigenvalue weighted by molar-refractivity contribution is 5.62. The maximum Gasteiger partial charge on any atom is 0.269 e. The molecule has 1 saturated heterocycles. The molecule has 7 heteroatoms. The van der Waals surface area contributed by atoms with Crippen LogP contribution in [0, 0.1) is 30.9 Å². The first-order valence-electron chi connectivity index (χ1n) is 13.8. The summed E-state index contributed by atoms with van der Waals surface area (Å²) in [6.07, 6.45) is 2.18. The first-order valence-corrected chi connectivity index (χ1v) is 13.8. The van der Waals surface area contributed by atoms with Gasteiger partial charge in [-0.2, -0.15) is 0 Å². The third-order valence-corrected chi connectivity index (χ3v) is 8.42. The molecule has 3 aromatic rings. The van der Waals surface area contributed by atoms with Gasteiger partial charge in [0.15, 0.2) is 0 Å². The summed E-state index contributed by atoms with van der Waals surface area (Å²) in [4.78, 5) is 13.1. The SMILES string of the molecule is Cc1c(C)c2c(c(C)c1OCc1ccccc1)[C@H](CN1CCC[C@H]1COc1ccc([N+](=O)[O-])cc1)C(C)(C)O2. The summed E-state index contributed by atoms with van der Waals surface area (Å²) in [5.41, 5.74) is 5.57. The van der Waals surface area contributed by atoms with Crippen molar-refractivity contribution in [3.8, 4) is 17.2 Å². The lowest BCUT2D eigenvalue weighted by Gasteiger charge is -2.33. The second kappa shape index (κ2) is 10.9. The highest BCUT2D eigenvalue weighted by atomic mass is 16.6.